The molecular weight excluding hydrogens is 176 g/mol. The van der Waals surface area contributed by atoms with Gasteiger partial charge in [0.05, 0.1) is 6.10 Å². The Bertz CT molecular complexity index is 193. The van der Waals surface area contributed by atoms with E-state index < -0.39 is 24.6 Å². The van der Waals surface area contributed by atoms with Gasteiger partial charge >= 0.3 is 0 Å². The topological polar surface area (TPSA) is 79.2 Å². The van der Waals surface area contributed by atoms with E-state index in [1.165, 1.54) is 7.11 Å². The van der Waals surface area contributed by atoms with E-state index >= 15 is 0 Å². The van der Waals surface area contributed by atoms with Gasteiger partial charge in [0.15, 0.2) is 6.29 Å². The molecule has 76 valence electrons. The van der Waals surface area contributed by atoms with Crippen LogP contribution >= 0.6 is 0 Å². The quantitative estimate of drug-likeness (QED) is 0.513. The van der Waals surface area contributed by atoms with Crippen molar-refractivity contribution in [3.8, 4) is 0 Å². The fourth-order valence-electron chi connectivity index (χ4n) is 1.25. The molecule has 1 heterocycles. The van der Waals surface area contributed by atoms with Crippen molar-refractivity contribution in [1.82, 2.24) is 0 Å². The smallest absolute Gasteiger partial charge is 0.186 e. The summed E-state index contributed by atoms with van der Waals surface area (Å²) in [7, 11) is 1.35. The lowest BCUT2D eigenvalue weighted by Crippen LogP contribution is -2.49. The number of aliphatic hydroxyl groups excluding tert-OH is 3. The summed E-state index contributed by atoms with van der Waals surface area (Å²) in [5.41, 5.74) is 0. The highest BCUT2D eigenvalue weighted by atomic mass is 16.7. The Morgan fingerprint density at radius 1 is 1.54 bits per heavy atom. The molecule has 0 spiro atoms. The second kappa shape index (κ2) is 4.06. The van der Waals surface area contributed by atoms with Gasteiger partial charge in [-0.05, 0) is 0 Å². The second-order valence-corrected chi connectivity index (χ2v) is 3.01. The van der Waals surface area contributed by atoms with Crippen molar-refractivity contribution < 1.29 is 24.8 Å². The molecule has 1 aliphatic rings. The third-order valence-electron chi connectivity index (χ3n) is 2.03. The van der Waals surface area contributed by atoms with Crippen LogP contribution in [0.3, 0.4) is 0 Å². The minimum absolute atomic E-state index is 0.121. The van der Waals surface area contributed by atoms with Crippen LogP contribution in [0.25, 0.3) is 0 Å². The van der Waals surface area contributed by atoms with Crippen molar-refractivity contribution >= 4 is 0 Å². The lowest BCUT2D eigenvalue weighted by Gasteiger charge is -2.35. The summed E-state index contributed by atoms with van der Waals surface area (Å²) in [6.07, 6.45) is -3.52. The molecule has 5 heteroatoms. The van der Waals surface area contributed by atoms with Crippen LogP contribution in [0, 0.1) is 0 Å². The first kappa shape index (κ1) is 10.5. The molecule has 13 heavy (non-hydrogen) atoms. The molecule has 0 aliphatic carbocycles. The predicted octanol–water partition coefficient (Wildman–Crippen LogP) is -0.459. The molecule has 0 radical (unpaired) electrons. The van der Waals surface area contributed by atoms with Crippen LogP contribution < -0.4 is 0 Å². The van der Waals surface area contributed by atoms with Crippen LogP contribution in [-0.4, -0.2) is 47.0 Å². The highest BCUT2D eigenvalue weighted by Gasteiger charge is 2.37. The van der Waals surface area contributed by atoms with Crippen LogP contribution in [0.1, 0.15) is 6.42 Å². The van der Waals surface area contributed by atoms with Crippen molar-refractivity contribution in [2.45, 2.75) is 31.0 Å². The fourth-order valence-corrected chi connectivity index (χ4v) is 1.25. The molecule has 3 N–H and O–H groups in total. The van der Waals surface area contributed by atoms with Crippen molar-refractivity contribution in [3.63, 3.8) is 0 Å². The first-order valence-corrected chi connectivity index (χ1v) is 3.98. The number of aliphatic hydroxyl groups is 3. The van der Waals surface area contributed by atoms with E-state index in [4.69, 9.17) is 14.6 Å². The van der Waals surface area contributed by atoms with E-state index in [1.54, 1.807) is 0 Å². The normalized spacial score (nSPS) is 40.2. The lowest BCUT2D eigenvalue weighted by molar-refractivity contribution is -0.254. The van der Waals surface area contributed by atoms with E-state index in [0.717, 1.165) is 0 Å². The molecule has 1 aliphatic heterocycles. The van der Waals surface area contributed by atoms with Crippen molar-refractivity contribution in [3.05, 3.63) is 12.3 Å². The Kier molecular flexibility index (Phi) is 3.27. The molecule has 0 saturated carbocycles. The zero-order valence-corrected chi connectivity index (χ0v) is 7.38. The van der Waals surface area contributed by atoms with Crippen LogP contribution in [0.15, 0.2) is 12.3 Å². The highest BCUT2D eigenvalue weighted by molar-refractivity contribution is 4.96. The van der Waals surface area contributed by atoms with Crippen molar-refractivity contribution in [2.24, 2.45) is 0 Å². The Balaban J connectivity index is 2.63. The molecule has 4 atom stereocenters. The molecule has 5 nitrogen and oxygen atoms in total. The largest absolute Gasteiger partial charge is 0.510 e. The summed E-state index contributed by atoms with van der Waals surface area (Å²) in [6, 6.07) is 0. The molecule has 0 bridgehead atoms. The first-order valence-electron chi connectivity index (χ1n) is 3.98. The van der Waals surface area contributed by atoms with Gasteiger partial charge in [0, 0.05) is 13.5 Å². The van der Waals surface area contributed by atoms with Gasteiger partial charge in [0.2, 0.25) is 0 Å². The van der Waals surface area contributed by atoms with Gasteiger partial charge < -0.3 is 24.8 Å². The Labute approximate surface area is 76.2 Å². The number of ether oxygens (including phenoxy) is 2. The van der Waals surface area contributed by atoms with Crippen LogP contribution in [0.5, 0.6) is 0 Å². The maximum absolute atomic E-state index is 9.34. The lowest BCUT2D eigenvalue weighted by atomic mass is 10.0. The van der Waals surface area contributed by atoms with E-state index in [9.17, 15) is 10.2 Å². The molecule has 1 saturated heterocycles. The van der Waals surface area contributed by atoms with E-state index in [0.29, 0.717) is 0 Å². The summed E-state index contributed by atoms with van der Waals surface area (Å²) >= 11 is 0. The third-order valence-corrected chi connectivity index (χ3v) is 2.03. The van der Waals surface area contributed by atoms with Crippen LogP contribution in [0.4, 0.5) is 0 Å². The number of hydrogen-bond acceptors (Lipinski definition) is 5. The van der Waals surface area contributed by atoms with E-state index in [2.05, 4.69) is 6.58 Å². The molecule has 0 aromatic rings. The maximum Gasteiger partial charge on any atom is 0.186 e. The SMILES string of the molecule is C=C(O)[C@@H]1C[C@@H](O)[C@@H](O)[C@H](OC)O1. The summed E-state index contributed by atoms with van der Waals surface area (Å²) in [5, 5.41) is 27.7. The van der Waals surface area contributed by atoms with Gasteiger partial charge in [-0.25, -0.2) is 0 Å². The van der Waals surface area contributed by atoms with Crippen LogP contribution in [0.2, 0.25) is 0 Å². The van der Waals surface area contributed by atoms with Gasteiger partial charge in [0.25, 0.3) is 0 Å². The summed E-state index contributed by atoms with van der Waals surface area (Å²) in [4.78, 5) is 0. The molecule has 1 fully saturated rings. The molecule has 1 rings (SSSR count). The van der Waals surface area contributed by atoms with Gasteiger partial charge in [0.1, 0.15) is 18.0 Å². The minimum Gasteiger partial charge on any atom is -0.510 e. The predicted molar refractivity (Wildman–Crippen MR) is 44.1 cm³/mol. The van der Waals surface area contributed by atoms with E-state index in [1.807, 2.05) is 0 Å². The standard InChI is InChI=1S/C8H14O5/c1-4(9)6-3-5(10)7(11)8(12-2)13-6/h5-11H,1,3H2,2H3/t5-,6+,7-,8-/m1/s1. The average Bonchev–Trinajstić information content (AvgIpc) is 2.09. The molecule has 0 aromatic heterocycles. The van der Waals surface area contributed by atoms with Gasteiger partial charge in [-0.15, -0.1) is 0 Å². The van der Waals surface area contributed by atoms with Gasteiger partial charge in [-0.2, -0.15) is 0 Å². The maximum atomic E-state index is 9.34. The Morgan fingerprint density at radius 2 is 2.15 bits per heavy atom. The molecule has 0 unspecified atom stereocenters. The first-order chi connectivity index (χ1) is 6.06. The summed E-state index contributed by atoms with van der Waals surface area (Å²) in [6.45, 7) is 3.29. The Morgan fingerprint density at radius 3 is 2.62 bits per heavy atom. The fraction of sp³-hybridized carbons (Fsp3) is 0.750. The van der Waals surface area contributed by atoms with E-state index in [-0.39, 0.29) is 12.2 Å². The van der Waals surface area contributed by atoms with Crippen molar-refractivity contribution in [2.75, 3.05) is 7.11 Å². The molecular formula is C8H14O5. The number of methoxy groups -OCH3 is 1. The zero-order chi connectivity index (χ0) is 10.0. The summed E-state index contributed by atoms with van der Waals surface area (Å²) in [5.74, 6) is -0.173. The minimum atomic E-state index is -1.08. The van der Waals surface area contributed by atoms with Crippen LogP contribution in [-0.2, 0) is 9.47 Å². The highest BCUT2D eigenvalue weighted by Crippen LogP contribution is 2.23. The molecule has 0 aromatic carbocycles. The monoisotopic (exact) mass is 190 g/mol. The Hall–Kier alpha value is -0.620. The second-order valence-electron chi connectivity index (χ2n) is 3.01. The molecule has 0 amide bonds. The number of hydrogen-bond donors (Lipinski definition) is 3. The summed E-state index contributed by atoms with van der Waals surface area (Å²) < 4.78 is 9.87. The van der Waals surface area contributed by atoms with Gasteiger partial charge in [-0.1, -0.05) is 6.58 Å². The van der Waals surface area contributed by atoms with Crippen molar-refractivity contribution in [1.29, 1.82) is 0 Å². The average molecular weight is 190 g/mol. The van der Waals surface area contributed by atoms with Gasteiger partial charge in [-0.3, -0.25) is 0 Å². The third kappa shape index (κ3) is 2.19. The number of rotatable bonds is 2. The zero-order valence-electron chi connectivity index (χ0n) is 7.38.